The molecule has 1 aliphatic rings. The van der Waals surface area contributed by atoms with Gasteiger partial charge in [-0.15, -0.1) is 0 Å². The molecule has 88 valence electrons. The van der Waals surface area contributed by atoms with Crippen LogP contribution in [0.3, 0.4) is 0 Å². The van der Waals surface area contributed by atoms with Crippen molar-refractivity contribution in [3.05, 3.63) is 42.8 Å². The molecule has 0 aliphatic carbocycles. The summed E-state index contributed by atoms with van der Waals surface area (Å²) in [6.07, 6.45) is 1.03. The molecule has 3 heteroatoms. The van der Waals surface area contributed by atoms with Gasteiger partial charge in [-0.2, -0.15) is 6.42 Å². The fourth-order valence-electron chi connectivity index (χ4n) is 2.24. The van der Waals surface area contributed by atoms with Crippen LogP contribution in [0.5, 0.6) is 0 Å². The Morgan fingerprint density at radius 3 is 2.12 bits per heavy atom. The molecule has 2 nitrogen and oxygen atoms in total. The quantitative estimate of drug-likeness (QED) is 0.480. The van der Waals surface area contributed by atoms with Gasteiger partial charge in [0.1, 0.15) is 0 Å². The minimum absolute atomic E-state index is 0. The zero-order chi connectivity index (χ0) is 11.2. The molecule has 1 aromatic carbocycles. The zero-order valence-corrected chi connectivity index (χ0v) is 10.9. The number of piperazine rings is 1. The largest absolute Gasteiger partial charge is 1.00 e. The molecule has 1 fully saturated rings. The van der Waals surface area contributed by atoms with Crippen LogP contribution in [0.15, 0.2) is 30.3 Å². The van der Waals surface area contributed by atoms with Gasteiger partial charge in [-0.25, -0.2) is 0 Å². The van der Waals surface area contributed by atoms with Crippen LogP contribution in [-0.2, 0) is 6.54 Å². The maximum atomic E-state index is 3.91. The molecule has 0 N–H and O–H groups in total. The Labute approximate surface area is 117 Å². The molecule has 0 unspecified atom stereocenters. The van der Waals surface area contributed by atoms with Crippen LogP contribution in [0.25, 0.3) is 0 Å². The van der Waals surface area contributed by atoms with E-state index in [1.165, 1.54) is 31.7 Å². The van der Waals surface area contributed by atoms with Crippen molar-refractivity contribution >= 4 is 0 Å². The van der Waals surface area contributed by atoms with Crippen molar-refractivity contribution in [2.75, 3.05) is 32.7 Å². The van der Waals surface area contributed by atoms with Gasteiger partial charge in [-0.1, -0.05) is 30.3 Å². The number of rotatable bonds is 4. The third-order valence-corrected chi connectivity index (χ3v) is 3.19. The Bertz CT molecular complexity index is 294. The summed E-state index contributed by atoms with van der Waals surface area (Å²) in [7, 11) is 0. The smallest absolute Gasteiger partial charge is 0.342 e. The Balaban J connectivity index is 0.00000144. The van der Waals surface area contributed by atoms with Gasteiger partial charge in [0.2, 0.25) is 0 Å². The van der Waals surface area contributed by atoms with Crippen LogP contribution < -0.4 is 18.9 Å². The zero-order valence-electron chi connectivity index (χ0n) is 10.9. The van der Waals surface area contributed by atoms with Gasteiger partial charge in [0, 0.05) is 32.7 Å². The predicted octanol–water partition coefficient (Wildman–Crippen LogP) is -0.968. The maximum absolute atomic E-state index is 3.91. The van der Waals surface area contributed by atoms with E-state index in [-0.39, 0.29) is 18.9 Å². The first-order valence-electron chi connectivity index (χ1n) is 6.16. The average Bonchev–Trinajstić information content (AvgIpc) is 2.33. The van der Waals surface area contributed by atoms with Crippen LogP contribution in [-0.4, -0.2) is 42.5 Å². The fourth-order valence-corrected chi connectivity index (χ4v) is 2.24. The standard InChI is InChI=1S/C14H21N2.Li/c1-2-8-15-9-11-16(12-10-15)13-14-6-4-3-5-7-14;/h3-7H,1-2,8-13H2;/q-1;+1. The van der Waals surface area contributed by atoms with Gasteiger partial charge in [-0.3, -0.25) is 4.90 Å². The molecule has 0 saturated carbocycles. The number of benzene rings is 1. The molecule has 0 aromatic heterocycles. The van der Waals surface area contributed by atoms with Gasteiger partial charge in [0.15, 0.2) is 0 Å². The second-order valence-electron chi connectivity index (χ2n) is 4.46. The van der Waals surface area contributed by atoms with E-state index >= 15 is 0 Å². The van der Waals surface area contributed by atoms with Crippen LogP contribution in [0.2, 0.25) is 0 Å². The van der Waals surface area contributed by atoms with Crippen molar-refractivity contribution in [3.8, 4) is 0 Å². The fraction of sp³-hybridized carbons (Fsp3) is 0.500. The summed E-state index contributed by atoms with van der Waals surface area (Å²) >= 11 is 0. The first-order chi connectivity index (χ1) is 7.88. The minimum atomic E-state index is 0. The summed E-state index contributed by atoms with van der Waals surface area (Å²) in [5, 5.41) is 0. The van der Waals surface area contributed by atoms with Gasteiger partial charge in [-0.05, 0) is 12.1 Å². The molecule has 0 atom stereocenters. The molecule has 0 bridgehead atoms. The third kappa shape index (κ3) is 4.85. The van der Waals surface area contributed by atoms with Gasteiger partial charge in [0.25, 0.3) is 0 Å². The summed E-state index contributed by atoms with van der Waals surface area (Å²) in [6, 6.07) is 10.7. The SMILES string of the molecule is [CH2-]CCN1CCN(Cc2ccccc2)CC1.[Li+]. The average molecular weight is 224 g/mol. The monoisotopic (exact) mass is 224 g/mol. The van der Waals surface area contributed by atoms with Crippen molar-refractivity contribution in [1.29, 1.82) is 0 Å². The van der Waals surface area contributed by atoms with E-state index in [2.05, 4.69) is 47.1 Å². The second-order valence-corrected chi connectivity index (χ2v) is 4.46. The van der Waals surface area contributed by atoms with E-state index in [9.17, 15) is 0 Å². The van der Waals surface area contributed by atoms with Gasteiger partial charge in [0.05, 0.1) is 0 Å². The van der Waals surface area contributed by atoms with Crippen LogP contribution in [0.4, 0.5) is 0 Å². The van der Waals surface area contributed by atoms with E-state index in [0.717, 1.165) is 19.5 Å². The summed E-state index contributed by atoms with van der Waals surface area (Å²) in [6.45, 7) is 10.9. The topological polar surface area (TPSA) is 6.48 Å². The Morgan fingerprint density at radius 2 is 1.53 bits per heavy atom. The molecule has 1 aliphatic heterocycles. The van der Waals surface area contributed by atoms with Gasteiger partial charge >= 0.3 is 18.9 Å². The molecular weight excluding hydrogens is 203 g/mol. The first kappa shape index (κ1) is 14.8. The van der Waals surface area contributed by atoms with E-state index in [1.807, 2.05) is 0 Å². The third-order valence-electron chi connectivity index (χ3n) is 3.19. The normalized spacial score (nSPS) is 17.7. The van der Waals surface area contributed by atoms with Crippen molar-refractivity contribution in [2.45, 2.75) is 13.0 Å². The van der Waals surface area contributed by atoms with E-state index in [1.54, 1.807) is 0 Å². The maximum Gasteiger partial charge on any atom is 1.00 e. The Hall–Kier alpha value is -0.263. The van der Waals surface area contributed by atoms with E-state index in [4.69, 9.17) is 0 Å². The number of hydrogen-bond acceptors (Lipinski definition) is 2. The first-order valence-corrected chi connectivity index (χ1v) is 6.16. The molecule has 0 radical (unpaired) electrons. The predicted molar refractivity (Wildman–Crippen MR) is 68.1 cm³/mol. The minimum Gasteiger partial charge on any atom is -0.342 e. The van der Waals surface area contributed by atoms with Crippen molar-refractivity contribution in [1.82, 2.24) is 9.80 Å². The molecule has 0 spiro atoms. The van der Waals surface area contributed by atoms with Crippen molar-refractivity contribution in [2.24, 2.45) is 0 Å². The second kappa shape index (κ2) is 7.95. The van der Waals surface area contributed by atoms with Gasteiger partial charge < -0.3 is 11.8 Å². The van der Waals surface area contributed by atoms with Crippen molar-refractivity contribution < 1.29 is 18.9 Å². The molecule has 2 rings (SSSR count). The molecule has 17 heavy (non-hydrogen) atoms. The number of nitrogens with zero attached hydrogens (tertiary/aromatic N) is 2. The van der Waals surface area contributed by atoms with Crippen LogP contribution in [0.1, 0.15) is 12.0 Å². The number of hydrogen-bond donors (Lipinski definition) is 0. The van der Waals surface area contributed by atoms with E-state index < -0.39 is 0 Å². The van der Waals surface area contributed by atoms with Crippen LogP contribution in [0, 0.1) is 6.92 Å². The van der Waals surface area contributed by atoms with E-state index in [0.29, 0.717) is 0 Å². The Kier molecular flexibility index (Phi) is 6.92. The Morgan fingerprint density at radius 1 is 0.941 bits per heavy atom. The van der Waals surface area contributed by atoms with Crippen LogP contribution >= 0.6 is 0 Å². The molecule has 1 aromatic rings. The summed E-state index contributed by atoms with van der Waals surface area (Å²) in [5.74, 6) is 0. The molecule has 1 saturated heterocycles. The molecule has 1 heterocycles. The summed E-state index contributed by atoms with van der Waals surface area (Å²) < 4.78 is 0. The summed E-state index contributed by atoms with van der Waals surface area (Å²) in [4.78, 5) is 5.05. The summed E-state index contributed by atoms with van der Waals surface area (Å²) in [5.41, 5.74) is 1.42. The molecular formula is C14H21LiN2. The van der Waals surface area contributed by atoms with Crippen molar-refractivity contribution in [3.63, 3.8) is 0 Å². The molecule has 0 amide bonds.